The summed E-state index contributed by atoms with van der Waals surface area (Å²) >= 11 is 1.72. The minimum Gasteiger partial charge on any atom is -0.461 e. The summed E-state index contributed by atoms with van der Waals surface area (Å²) in [6.45, 7) is 16.9. The standard InChI is InChI=1S/C36H53NO4S/c1-22(10-15-31(41-33(40)34(4,5)6)36(17-18-36)32-37-23(2)21-42-32)28-13-14-29-25(9-8-16-35(28,29)7)11-12-26-19-27(38)20-30(39)24(26)3/h11-12,21-22,27-31,38-39H,3,8-10,13-20H2,1-2,4-7H3/t22-,27-,28-,29+,30+,31-,35-/m1/s1. The fourth-order valence-electron chi connectivity index (χ4n) is 8.44. The molecule has 0 amide bonds. The van der Waals surface area contributed by atoms with Gasteiger partial charge in [0.15, 0.2) is 0 Å². The summed E-state index contributed by atoms with van der Waals surface area (Å²) in [4.78, 5) is 18.0. The first-order valence-electron chi connectivity index (χ1n) is 16.3. The van der Waals surface area contributed by atoms with Crippen molar-refractivity contribution in [2.75, 3.05) is 0 Å². The van der Waals surface area contributed by atoms with Crippen LogP contribution in [0.25, 0.3) is 0 Å². The Kier molecular flexibility index (Phi) is 9.02. The lowest BCUT2D eigenvalue weighted by Gasteiger charge is -2.44. The average Bonchev–Trinajstić information content (AvgIpc) is 3.47. The quantitative estimate of drug-likeness (QED) is 0.298. The molecule has 0 aliphatic heterocycles. The number of aryl methyl sites for hydroxylation is 1. The molecular formula is C36H53NO4S. The maximum atomic E-state index is 13.1. The molecule has 2 N–H and O–H groups in total. The topological polar surface area (TPSA) is 79.7 Å². The molecule has 0 spiro atoms. The summed E-state index contributed by atoms with van der Waals surface area (Å²) < 4.78 is 6.35. The van der Waals surface area contributed by atoms with Gasteiger partial charge in [-0.3, -0.25) is 4.79 Å². The molecular weight excluding hydrogens is 542 g/mol. The number of allylic oxidation sites excluding steroid dienone is 3. The molecule has 4 fully saturated rings. The van der Waals surface area contributed by atoms with Crippen molar-refractivity contribution in [1.29, 1.82) is 0 Å². The summed E-state index contributed by atoms with van der Waals surface area (Å²) in [6, 6.07) is 0. The molecule has 0 aromatic carbocycles. The van der Waals surface area contributed by atoms with Gasteiger partial charge in [0, 0.05) is 17.5 Å². The Balaban J connectivity index is 1.30. The Morgan fingerprint density at radius 1 is 1.21 bits per heavy atom. The van der Waals surface area contributed by atoms with E-state index in [4.69, 9.17) is 9.72 Å². The van der Waals surface area contributed by atoms with Crippen molar-refractivity contribution in [2.24, 2.45) is 28.6 Å². The Labute approximate surface area is 257 Å². The van der Waals surface area contributed by atoms with Gasteiger partial charge in [-0.1, -0.05) is 38.2 Å². The molecule has 0 saturated heterocycles. The zero-order valence-corrected chi connectivity index (χ0v) is 27.6. The number of aliphatic hydroxyl groups is 2. The van der Waals surface area contributed by atoms with Gasteiger partial charge in [-0.15, -0.1) is 11.3 Å². The van der Waals surface area contributed by atoms with Crippen LogP contribution in [0.2, 0.25) is 0 Å². The van der Waals surface area contributed by atoms with Crippen LogP contribution in [0, 0.1) is 35.5 Å². The molecule has 5 rings (SSSR count). The Morgan fingerprint density at radius 2 is 1.95 bits per heavy atom. The van der Waals surface area contributed by atoms with Gasteiger partial charge in [-0.25, -0.2) is 4.98 Å². The number of nitrogens with zero attached hydrogens (tertiary/aromatic N) is 1. The van der Waals surface area contributed by atoms with Crippen LogP contribution in [0.1, 0.15) is 116 Å². The van der Waals surface area contributed by atoms with Gasteiger partial charge in [0.05, 0.1) is 23.0 Å². The minimum atomic E-state index is -0.646. The highest BCUT2D eigenvalue weighted by atomic mass is 32.1. The number of hydrogen-bond donors (Lipinski definition) is 2. The first kappa shape index (κ1) is 31.7. The van der Waals surface area contributed by atoms with Crippen LogP contribution in [-0.2, 0) is 14.9 Å². The van der Waals surface area contributed by atoms with E-state index in [1.165, 1.54) is 31.3 Å². The van der Waals surface area contributed by atoms with Gasteiger partial charge in [-0.2, -0.15) is 0 Å². The lowest BCUT2D eigenvalue weighted by molar-refractivity contribution is -0.161. The first-order chi connectivity index (χ1) is 19.7. The van der Waals surface area contributed by atoms with E-state index in [1.54, 1.807) is 11.3 Å². The van der Waals surface area contributed by atoms with Crippen LogP contribution in [0.5, 0.6) is 0 Å². The van der Waals surface area contributed by atoms with Crippen molar-refractivity contribution in [3.63, 3.8) is 0 Å². The van der Waals surface area contributed by atoms with Crippen LogP contribution in [-0.4, -0.2) is 39.5 Å². The minimum absolute atomic E-state index is 0.107. The molecule has 7 atom stereocenters. The SMILES string of the molecule is C=C1C(=CC=C2CCC[C@]3(C)[C@@H]([C@H](C)CC[C@@H](OC(=O)C(C)(C)C)C4(c5nc(C)cs5)CC4)CC[C@@H]23)C[C@@H](O)C[C@@H]1O. The molecule has 42 heavy (non-hydrogen) atoms. The number of hydrogen-bond acceptors (Lipinski definition) is 6. The number of aliphatic hydroxyl groups excluding tert-OH is 2. The van der Waals surface area contributed by atoms with E-state index in [0.717, 1.165) is 54.0 Å². The summed E-state index contributed by atoms with van der Waals surface area (Å²) in [5, 5.41) is 23.8. The third kappa shape index (κ3) is 6.23. The van der Waals surface area contributed by atoms with Gasteiger partial charge in [0.25, 0.3) is 0 Å². The number of thiazole rings is 1. The van der Waals surface area contributed by atoms with Gasteiger partial charge >= 0.3 is 5.97 Å². The Hall–Kier alpha value is -1.76. The first-order valence-corrected chi connectivity index (χ1v) is 17.2. The maximum absolute atomic E-state index is 13.1. The molecule has 4 saturated carbocycles. The highest BCUT2D eigenvalue weighted by molar-refractivity contribution is 7.09. The predicted octanol–water partition coefficient (Wildman–Crippen LogP) is 8.00. The van der Waals surface area contributed by atoms with Crippen molar-refractivity contribution < 1.29 is 19.7 Å². The zero-order valence-electron chi connectivity index (χ0n) is 26.7. The molecule has 4 aliphatic carbocycles. The lowest BCUT2D eigenvalue weighted by Crippen LogP contribution is -2.38. The number of ether oxygens (including phenoxy) is 1. The molecule has 232 valence electrons. The third-order valence-corrected chi connectivity index (χ3v) is 12.4. The van der Waals surface area contributed by atoms with Crippen molar-refractivity contribution in [1.82, 2.24) is 4.98 Å². The van der Waals surface area contributed by atoms with E-state index in [2.05, 4.69) is 38.0 Å². The van der Waals surface area contributed by atoms with E-state index in [0.29, 0.717) is 30.6 Å². The van der Waals surface area contributed by atoms with Gasteiger partial charge in [-0.05, 0) is 126 Å². The van der Waals surface area contributed by atoms with Gasteiger partial charge in [0.1, 0.15) is 11.1 Å². The maximum Gasteiger partial charge on any atom is 0.311 e. The van der Waals surface area contributed by atoms with Crippen LogP contribution in [0.3, 0.4) is 0 Å². The second-order valence-electron chi connectivity index (χ2n) is 15.3. The summed E-state index contributed by atoms with van der Waals surface area (Å²) in [6.07, 6.45) is 14.2. The normalized spacial score (nSPS) is 34.3. The van der Waals surface area contributed by atoms with Gasteiger partial charge < -0.3 is 14.9 Å². The Bertz CT molecular complexity index is 1230. The van der Waals surface area contributed by atoms with Crippen LogP contribution >= 0.6 is 11.3 Å². The zero-order chi connectivity index (χ0) is 30.4. The number of carbonyl (C=O) groups is 1. The van der Waals surface area contributed by atoms with E-state index in [1.807, 2.05) is 27.7 Å². The molecule has 0 radical (unpaired) electrons. The third-order valence-electron chi connectivity index (χ3n) is 11.2. The van der Waals surface area contributed by atoms with Crippen LogP contribution in [0.4, 0.5) is 0 Å². The number of carbonyl (C=O) groups excluding carboxylic acids is 1. The molecule has 0 bridgehead atoms. The second kappa shape index (κ2) is 12.0. The highest BCUT2D eigenvalue weighted by Gasteiger charge is 2.56. The van der Waals surface area contributed by atoms with Gasteiger partial charge in [0.2, 0.25) is 0 Å². The number of esters is 1. The average molecular weight is 596 g/mol. The summed E-state index contributed by atoms with van der Waals surface area (Å²) in [7, 11) is 0. The molecule has 1 aromatic rings. The molecule has 1 heterocycles. The monoisotopic (exact) mass is 595 g/mol. The number of rotatable bonds is 8. The molecule has 0 unspecified atom stereocenters. The van der Waals surface area contributed by atoms with Crippen molar-refractivity contribution in [2.45, 2.75) is 136 Å². The van der Waals surface area contributed by atoms with Crippen LogP contribution in [0.15, 0.2) is 40.8 Å². The van der Waals surface area contributed by atoms with E-state index in [9.17, 15) is 15.0 Å². The lowest BCUT2D eigenvalue weighted by atomic mass is 9.60. The molecule has 5 nitrogen and oxygen atoms in total. The van der Waals surface area contributed by atoms with E-state index >= 15 is 0 Å². The summed E-state index contributed by atoms with van der Waals surface area (Å²) in [5.74, 6) is 1.66. The van der Waals surface area contributed by atoms with E-state index < -0.39 is 17.6 Å². The molecule has 4 aliphatic rings. The van der Waals surface area contributed by atoms with Crippen molar-refractivity contribution >= 4 is 17.3 Å². The molecule has 6 heteroatoms. The largest absolute Gasteiger partial charge is 0.461 e. The highest BCUT2D eigenvalue weighted by Crippen LogP contribution is 2.60. The van der Waals surface area contributed by atoms with E-state index in [-0.39, 0.29) is 22.9 Å². The smallest absolute Gasteiger partial charge is 0.311 e. The fraction of sp³-hybridized carbons (Fsp3) is 0.722. The number of fused-ring (bicyclic) bond motifs is 1. The summed E-state index contributed by atoms with van der Waals surface area (Å²) in [5.41, 5.74) is 3.97. The van der Waals surface area contributed by atoms with Crippen molar-refractivity contribution in [3.8, 4) is 0 Å². The predicted molar refractivity (Wildman–Crippen MR) is 170 cm³/mol. The number of aromatic nitrogens is 1. The molecule has 1 aromatic heterocycles. The van der Waals surface area contributed by atoms with Crippen molar-refractivity contribution in [3.05, 3.63) is 51.5 Å². The Morgan fingerprint density at radius 3 is 2.60 bits per heavy atom. The second-order valence-corrected chi connectivity index (χ2v) is 16.2. The van der Waals surface area contributed by atoms with Crippen LogP contribution < -0.4 is 0 Å². The fourth-order valence-corrected chi connectivity index (χ4v) is 9.54.